The van der Waals surface area contributed by atoms with Crippen molar-refractivity contribution in [3.05, 3.63) is 65.7 Å². The van der Waals surface area contributed by atoms with Crippen LogP contribution in [0.4, 0.5) is 5.69 Å². The van der Waals surface area contributed by atoms with Crippen LogP contribution in [0.1, 0.15) is 17.3 Å². The lowest BCUT2D eigenvalue weighted by molar-refractivity contribution is 0.103. The lowest BCUT2D eigenvalue weighted by Crippen LogP contribution is -2.04. The summed E-state index contributed by atoms with van der Waals surface area (Å²) in [6.45, 7) is 0. The smallest absolute Gasteiger partial charge is 0.195 e. The number of benzene rings is 2. The number of ketones is 1. The monoisotopic (exact) mass is 199 g/mol. The Balaban J connectivity index is 0.00000128. The number of nitrogen functional groups attached to an aromatic ring is 1. The minimum Gasteiger partial charge on any atom is -0.398 e. The first kappa shape index (κ1) is 9.46. The highest BCUT2D eigenvalue weighted by molar-refractivity contribution is 6.11. The first-order valence-electron chi connectivity index (χ1n) is 4.73. The fraction of sp³-hybridized carbons (Fsp3) is 0. The van der Waals surface area contributed by atoms with Crippen LogP contribution in [-0.4, -0.2) is 5.78 Å². The molecule has 0 saturated heterocycles. The van der Waals surface area contributed by atoms with E-state index in [2.05, 4.69) is 0 Å². The Bertz CT molecular complexity index is 482. The molecule has 2 aromatic rings. The van der Waals surface area contributed by atoms with Gasteiger partial charge in [-0.15, -0.1) is 0 Å². The van der Waals surface area contributed by atoms with E-state index in [1.54, 1.807) is 24.3 Å². The second-order valence-electron chi connectivity index (χ2n) is 3.28. The summed E-state index contributed by atoms with van der Waals surface area (Å²) in [7, 11) is 0. The number of anilines is 1. The van der Waals surface area contributed by atoms with Gasteiger partial charge in [0.2, 0.25) is 0 Å². The van der Waals surface area contributed by atoms with Gasteiger partial charge in [0, 0.05) is 18.2 Å². The van der Waals surface area contributed by atoms with Crippen molar-refractivity contribution >= 4 is 11.5 Å². The van der Waals surface area contributed by atoms with Gasteiger partial charge in [-0.3, -0.25) is 4.79 Å². The van der Waals surface area contributed by atoms with Crippen molar-refractivity contribution in [2.24, 2.45) is 0 Å². The zero-order chi connectivity index (χ0) is 10.7. The molecule has 0 spiro atoms. The molecule has 0 fully saturated rings. The summed E-state index contributed by atoms with van der Waals surface area (Å²) in [5.41, 5.74) is 7.48. The van der Waals surface area contributed by atoms with Crippen molar-refractivity contribution in [2.75, 3.05) is 5.73 Å². The average molecular weight is 199 g/mol. The summed E-state index contributed by atoms with van der Waals surface area (Å²) in [5.74, 6) is -0.0336. The zero-order valence-electron chi connectivity index (χ0n) is 8.18. The van der Waals surface area contributed by atoms with Crippen LogP contribution in [0, 0.1) is 0 Å². The van der Waals surface area contributed by atoms with Crippen LogP contribution in [0.15, 0.2) is 54.6 Å². The van der Waals surface area contributed by atoms with Crippen LogP contribution < -0.4 is 5.73 Å². The predicted octanol–water partition coefficient (Wildman–Crippen LogP) is 2.75. The topological polar surface area (TPSA) is 43.1 Å². The molecule has 0 unspecified atom stereocenters. The Kier molecular flexibility index (Phi) is 2.50. The molecule has 0 radical (unpaired) electrons. The Morgan fingerprint density at radius 3 is 2.20 bits per heavy atom. The van der Waals surface area contributed by atoms with Crippen LogP contribution >= 0.6 is 0 Å². The Hall–Kier alpha value is -2.09. The minimum absolute atomic E-state index is 0. The zero-order valence-corrected chi connectivity index (χ0v) is 8.18. The van der Waals surface area contributed by atoms with E-state index >= 15 is 0 Å². The molecule has 0 aliphatic heterocycles. The summed E-state index contributed by atoms with van der Waals surface area (Å²) < 4.78 is 0. The predicted molar refractivity (Wildman–Crippen MR) is 62.8 cm³/mol. The highest BCUT2D eigenvalue weighted by Gasteiger charge is 2.10. The molecule has 2 nitrogen and oxygen atoms in total. The second kappa shape index (κ2) is 3.96. The standard InChI is InChI=1S/C13H11NO.H2/c14-12-9-5-4-8-11(12)13(15)10-6-2-1-3-7-10;/h1-9H,14H2;1H. The lowest BCUT2D eigenvalue weighted by Gasteiger charge is -2.03. The Labute approximate surface area is 89.8 Å². The molecule has 0 heterocycles. The van der Waals surface area contributed by atoms with Crippen molar-refractivity contribution in [1.29, 1.82) is 0 Å². The molecule has 2 aromatic carbocycles. The third kappa shape index (κ3) is 1.89. The van der Waals surface area contributed by atoms with Crippen molar-refractivity contribution in [3.8, 4) is 0 Å². The second-order valence-corrected chi connectivity index (χ2v) is 3.28. The van der Waals surface area contributed by atoms with E-state index in [1.807, 2.05) is 30.3 Å². The molecule has 0 bridgehead atoms. The van der Waals surface area contributed by atoms with Gasteiger partial charge in [-0.05, 0) is 12.1 Å². The summed E-state index contributed by atoms with van der Waals surface area (Å²) >= 11 is 0. The molecule has 15 heavy (non-hydrogen) atoms. The van der Waals surface area contributed by atoms with Gasteiger partial charge in [0.15, 0.2) is 5.78 Å². The highest BCUT2D eigenvalue weighted by Crippen LogP contribution is 2.15. The van der Waals surface area contributed by atoms with Gasteiger partial charge < -0.3 is 5.73 Å². The first-order valence-corrected chi connectivity index (χ1v) is 4.73. The van der Waals surface area contributed by atoms with Gasteiger partial charge in [-0.25, -0.2) is 0 Å². The number of carbonyl (C=O) groups excluding carboxylic acids is 1. The molecule has 0 atom stereocenters. The van der Waals surface area contributed by atoms with Crippen LogP contribution in [0.5, 0.6) is 0 Å². The normalized spacial score (nSPS) is 9.87. The summed E-state index contributed by atoms with van der Waals surface area (Å²) in [6.07, 6.45) is 0. The van der Waals surface area contributed by atoms with Gasteiger partial charge in [-0.1, -0.05) is 42.5 Å². The molecule has 0 amide bonds. The fourth-order valence-electron chi connectivity index (χ4n) is 1.45. The number of para-hydroxylation sites is 1. The number of hydrogen-bond acceptors (Lipinski definition) is 2. The van der Waals surface area contributed by atoms with E-state index in [-0.39, 0.29) is 7.21 Å². The molecular formula is C13H13NO. The van der Waals surface area contributed by atoms with E-state index in [0.717, 1.165) is 0 Å². The molecule has 2 rings (SSSR count). The molecular weight excluding hydrogens is 186 g/mol. The van der Waals surface area contributed by atoms with E-state index in [0.29, 0.717) is 16.8 Å². The van der Waals surface area contributed by atoms with Crippen LogP contribution in [0.3, 0.4) is 0 Å². The molecule has 0 aliphatic rings. The quantitative estimate of drug-likeness (QED) is 0.597. The number of hydrogen-bond donors (Lipinski definition) is 1. The Morgan fingerprint density at radius 1 is 0.933 bits per heavy atom. The van der Waals surface area contributed by atoms with Crippen molar-refractivity contribution in [3.63, 3.8) is 0 Å². The maximum atomic E-state index is 12.0. The van der Waals surface area contributed by atoms with Crippen LogP contribution in [0.25, 0.3) is 0 Å². The maximum Gasteiger partial charge on any atom is 0.195 e. The van der Waals surface area contributed by atoms with Gasteiger partial charge in [0.05, 0.1) is 0 Å². The number of nitrogens with two attached hydrogens (primary N) is 1. The molecule has 2 N–H and O–H groups in total. The fourth-order valence-corrected chi connectivity index (χ4v) is 1.45. The average Bonchev–Trinajstić information content (AvgIpc) is 2.30. The van der Waals surface area contributed by atoms with Crippen molar-refractivity contribution in [2.45, 2.75) is 0 Å². The van der Waals surface area contributed by atoms with E-state index in [4.69, 9.17) is 5.73 Å². The van der Waals surface area contributed by atoms with E-state index < -0.39 is 0 Å². The lowest BCUT2D eigenvalue weighted by atomic mass is 10.0. The van der Waals surface area contributed by atoms with E-state index in [1.165, 1.54) is 0 Å². The van der Waals surface area contributed by atoms with Gasteiger partial charge in [0.1, 0.15) is 0 Å². The SMILES string of the molecule is Nc1ccccc1C(=O)c1ccccc1.[HH]. The third-order valence-corrected chi connectivity index (χ3v) is 2.24. The number of rotatable bonds is 2. The van der Waals surface area contributed by atoms with Crippen LogP contribution in [-0.2, 0) is 0 Å². The third-order valence-electron chi connectivity index (χ3n) is 2.24. The van der Waals surface area contributed by atoms with Crippen molar-refractivity contribution in [1.82, 2.24) is 0 Å². The molecule has 0 aromatic heterocycles. The van der Waals surface area contributed by atoms with Gasteiger partial charge >= 0.3 is 0 Å². The van der Waals surface area contributed by atoms with Gasteiger partial charge in [0.25, 0.3) is 0 Å². The highest BCUT2D eigenvalue weighted by atomic mass is 16.1. The first-order chi connectivity index (χ1) is 7.29. The summed E-state index contributed by atoms with van der Waals surface area (Å²) in [4.78, 5) is 12.0. The molecule has 0 aliphatic carbocycles. The van der Waals surface area contributed by atoms with E-state index in [9.17, 15) is 4.79 Å². The molecule has 2 heteroatoms. The maximum absolute atomic E-state index is 12.0. The number of carbonyl (C=O) groups is 1. The minimum atomic E-state index is -0.0336. The molecule has 76 valence electrons. The Morgan fingerprint density at radius 2 is 1.53 bits per heavy atom. The summed E-state index contributed by atoms with van der Waals surface area (Å²) in [5, 5.41) is 0. The van der Waals surface area contributed by atoms with Crippen LogP contribution in [0.2, 0.25) is 0 Å². The molecule has 0 saturated carbocycles. The van der Waals surface area contributed by atoms with Crippen molar-refractivity contribution < 1.29 is 6.22 Å². The van der Waals surface area contributed by atoms with Gasteiger partial charge in [-0.2, -0.15) is 0 Å². The largest absolute Gasteiger partial charge is 0.398 e. The summed E-state index contributed by atoms with van der Waals surface area (Å²) in [6, 6.07) is 16.2.